The number of amides is 1. The summed E-state index contributed by atoms with van der Waals surface area (Å²) in [4.78, 5) is 20.4. The molecule has 1 aromatic carbocycles. The molecule has 0 atom stereocenters. The first-order chi connectivity index (χ1) is 11.5. The second-order valence-electron chi connectivity index (χ2n) is 5.73. The van der Waals surface area contributed by atoms with E-state index in [4.69, 9.17) is 4.42 Å². The number of thioether (sulfide) groups is 1. The van der Waals surface area contributed by atoms with Crippen molar-refractivity contribution in [1.82, 2.24) is 9.88 Å². The summed E-state index contributed by atoms with van der Waals surface area (Å²) in [6.45, 7) is 6.20. The summed E-state index contributed by atoms with van der Waals surface area (Å²) in [7, 11) is 0. The molecular formula is C17H20FN3O2S. The van der Waals surface area contributed by atoms with E-state index in [1.165, 1.54) is 17.8 Å². The summed E-state index contributed by atoms with van der Waals surface area (Å²) in [5, 5.41) is 0.531. The van der Waals surface area contributed by atoms with E-state index >= 15 is 0 Å². The van der Waals surface area contributed by atoms with Gasteiger partial charge in [0.1, 0.15) is 11.6 Å². The van der Waals surface area contributed by atoms with Gasteiger partial charge in [0, 0.05) is 26.2 Å². The Morgan fingerprint density at radius 3 is 2.58 bits per heavy atom. The second-order valence-corrected chi connectivity index (χ2v) is 6.66. The third kappa shape index (κ3) is 3.72. The van der Waals surface area contributed by atoms with Gasteiger partial charge in [-0.05, 0) is 26.0 Å². The predicted octanol–water partition coefficient (Wildman–Crippen LogP) is 2.87. The van der Waals surface area contributed by atoms with E-state index in [2.05, 4.69) is 4.98 Å². The van der Waals surface area contributed by atoms with E-state index in [9.17, 15) is 9.18 Å². The number of para-hydroxylation sites is 1. The molecule has 0 unspecified atom stereocenters. The van der Waals surface area contributed by atoms with Crippen LogP contribution in [-0.2, 0) is 4.79 Å². The van der Waals surface area contributed by atoms with Crippen molar-refractivity contribution in [2.45, 2.75) is 19.1 Å². The number of aryl methyl sites for hydroxylation is 2. The monoisotopic (exact) mass is 349 g/mol. The fourth-order valence-corrected chi connectivity index (χ4v) is 3.44. The minimum atomic E-state index is -0.220. The molecule has 1 amide bonds. The van der Waals surface area contributed by atoms with Gasteiger partial charge in [0.25, 0.3) is 5.22 Å². The summed E-state index contributed by atoms with van der Waals surface area (Å²) in [6, 6.07) is 6.74. The smallest absolute Gasteiger partial charge is 0.256 e. The normalized spacial score (nSPS) is 15.0. The van der Waals surface area contributed by atoms with Crippen LogP contribution in [0.1, 0.15) is 11.5 Å². The second kappa shape index (κ2) is 7.25. The predicted molar refractivity (Wildman–Crippen MR) is 91.9 cm³/mol. The van der Waals surface area contributed by atoms with Gasteiger partial charge in [0.15, 0.2) is 0 Å². The number of carbonyl (C=O) groups excluding carboxylic acids is 1. The Balaban J connectivity index is 1.51. The number of anilines is 1. The van der Waals surface area contributed by atoms with Crippen molar-refractivity contribution in [3.05, 3.63) is 41.5 Å². The first-order valence-electron chi connectivity index (χ1n) is 7.88. The highest BCUT2D eigenvalue weighted by Crippen LogP contribution is 2.22. The van der Waals surface area contributed by atoms with Gasteiger partial charge in [-0.2, -0.15) is 0 Å². The number of oxazole rings is 1. The molecule has 2 heterocycles. The maximum atomic E-state index is 13.8. The lowest BCUT2D eigenvalue weighted by Gasteiger charge is -2.36. The first-order valence-corrected chi connectivity index (χ1v) is 8.87. The van der Waals surface area contributed by atoms with Crippen molar-refractivity contribution in [3.8, 4) is 0 Å². The van der Waals surface area contributed by atoms with Gasteiger partial charge in [-0.25, -0.2) is 9.37 Å². The number of hydrogen-bond acceptors (Lipinski definition) is 5. The van der Waals surface area contributed by atoms with E-state index in [0.717, 1.165) is 11.5 Å². The molecule has 0 N–H and O–H groups in total. The molecule has 0 bridgehead atoms. The molecule has 128 valence electrons. The Morgan fingerprint density at radius 1 is 1.25 bits per heavy atom. The first kappa shape index (κ1) is 16.8. The van der Waals surface area contributed by atoms with Gasteiger partial charge in [-0.15, -0.1) is 0 Å². The van der Waals surface area contributed by atoms with Gasteiger partial charge < -0.3 is 14.2 Å². The maximum absolute atomic E-state index is 13.8. The van der Waals surface area contributed by atoms with Crippen LogP contribution in [0.2, 0.25) is 0 Å². The summed E-state index contributed by atoms with van der Waals surface area (Å²) in [5.41, 5.74) is 1.45. The van der Waals surface area contributed by atoms with Crippen LogP contribution in [0.3, 0.4) is 0 Å². The zero-order chi connectivity index (χ0) is 17.1. The Hall–Kier alpha value is -2.02. The van der Waals surface area contributed by atoms with Crippen LogP contribution in [0.5, 0.6) is 0 Å². The largest absolute Gasteiger partial charge is 0.437 e. The molecule has 1 aliphatic rings. The minimum Gasteiger partial charge on any atom is -0.437 e. The van der Waals surface area contributed by atoms with E-state index < -0.39 is 0 Å². The number of hydrogen-bond donors (Lipinski definition) is 0. The highest BCUT2D eigenvalue weighted by atomic mass is 32.2. The Labute approximate surface area is 144 Å². The lowest BCUT2D eigenvalue weighted by Crippen LogP contribution is -2.49. The molecule has 2 aromatic rings. The van der Waals surface area contributed by atoms with Crippen LogP contribution in [-0.4, -0.2) is 47.7 Å². The maximum Gasteiger partial charge on any atom is 0.256 e. The molecule has 0 aliphatic carbocycles. The van der Waals surface area contributed by atoms with E-state index in [0.29, 0.717) is 42.8 Å². The van der Waals surface area contributed by atoms with Crippen molar-refractivity contribution in [2.75, 3.05) is 36.8 Å². The van der Waals surface area contributed by atoms with Crippen molar-refractivity contribution in [3.63, 3.8) is 0 Å². The molecule has 24 heavy (non-hydrogen) atoms. The van der Waals surface area contributed by atoms with Crippen LogP contribution < -0.4 is 4.90 Å². The van der Waals surface area contributed by atoms with Crippen LogP contribution >= 0.6 is 11.8 Å². The Bertz CT molecular complexity index is 707. The zero-order valence-corrected chi connectivity index (χ0v) is 14.6. The highest BCUT2D eigenvalue weighted by molar-refractivity contribution is 7.99. The zero-order valence-electron chi connectivity index (χ0n) is 13.8. The van der Waals surface area contributed by atoms with Crippen molar-refractivity contribution >= 4 is 23.4 Å². The van der Waals surface area contributed by atoms with Gasteiger partial charge in [0.05, 0.1) is 17.1 Å². The molecule has 7 heteroatoms. The molecule has 0 saturated carbocycles. The number of carbonyl (C=O) groups is 1. The van der Waals surface area contributed by atoms with Crippen molar-refractivity contribution in [1.29, 1.82) is 0 Å². The average molecular weight is 349 g/mol. The highest BCUT2D eigenvalue weighted by Gasteiger charge is 2.23. The number of rotatable bonds is 4. The van der Waals surface area contributed by atoms with E-state index in [1.807, 2.05) is 29.7 Å². The number of aromatic nitrogens is 1. The average Bonchev–Trinajstić information content (AvgIpc) is 2.91. The standard InChI is InChI=1S/C17H20FN3O2S/c1-12-13(2)23-17(19-12)24-11-16(22)21-9-7-20(8-10-21)15-6-4-3-5-14(15)18/h3-6H,7-11H2,1-2H3. The Morgan fingerprint density at radius 2 is 1.96 bits per heavy atom. The lowest BCUT2D eigenvalue weighted by molar-refractivity contribution is -0.128. The third-order valence-electron chi connectivity index (χ3n) is 4.15. The van der Waals surface area contributed by atoms with Crippen molar-refractivity contribution in [2.24, 2.45) is 0 Å². The fraction of sp³-hybridized carbons (Fsp3) is 0.412. The summed E-state index contributed by atoms with van der Waals surface area (Å²) >= 11 is 1.31. The van der Waals surface area contributed by atoms with Gasteiger partial charge >= 0.3 is 0 Å². The molecule has 1 fully saturated rings. The number of benzene rings is 1. The Kier molecular flexibility index (Phi) is 5.08. The number of piperazine rings is 1. The van der Waals surface area contributed by atoms with Crippen molar-refractivity contribution < 1.29 is 13.6 Å². The van der Waals surface area contributed by atoms with E-state index in [-0.39, 0.29) is 11.7 Å². The van der Waals surface area contributed by atoms with Crippen LogP contribution in [0.25, 0.3) is 0 Å². The summed E-state index contributed by atoms with van der Waals surface area (Å²) in [5.74, 6) is 0.923. The number of nitrogens with zero attached hydrogens (tertiary/aromatic N) is 3. The molecule has 1 aliphatic heterocycles. The SMILES string of the molecule is Cc1nc(SCC(=O)N2CCN(c3ccccc3F)CC2)oc1C. The van der Waals surface area contributed by atoms with Gasteiger partial charge in [-0.1, -0.05) is 23.9 Å². The van der Waals surface area contributed by atoms with Crippen LogP contribution in [0, 0.1) is 19.7 Å². The quantitative estimate of drug-likeness (QED) is 0.795. The summed E-state index contributed by atoms with van der Waals surface area (Å²) in [6.07, 6.45) is 0. The molecule has 5 nitrogen and oxygen atoms in total. The van der Waals surface area contributed by atoms with Crippen LogP contribution in [0.15, 0.2) is 33.9 Å². The van der Waals surface area contributed by atoms with Gasteiger partial charge in [-0.3, -0.25) is 4.79 Å². The number of halogens is 1. The fourth-order valence-electron chi connectivity index (χ4n) is 2.62. The molecule has 1 saturated heterocycles. The molecule has 0 spiro atoms. The van der Waals surface area contributed by atoms with Crippen LogP contribution in [0.4, 0.5) is 10.1 Å². The third-order valence-corrected chi connectivity index (χ3v) is 4.97. The minimum absolute atomic E-state index is 0.0571. The molecule has 3 rings (SSSR count). The van der Waals surface area contributed by atoms with Gasteiger partial charge in [0.2, 0.25) is 5.91 Å². The van der Waals surface area contributed by atoms with E-state index in [1.54, 1.807) is 12.1 Å². The molecule has 0 radical (unpaired) electrons. The topological polar surface area (TPSA) is 49.6 Å². The lowest BCUT2D eigenvalue weighted by atomic mass is 10.2. The molecular weight excluding hydrogens is 329 g/mol. The molecule has 1 aromatic heterocycles. The summed E-state index contributed by atoms with van der Waals surface area (Å²) < 4.78 is 19.3.